The lowest BCUT2D eigenvalue weighted by Gasteiger charge is -2.28. The lowest BCUT2D eigenvalue weighted by atomic mass is 10.0. The van der Waals surface area contributed by atoms with Gasteiger partial charge in [0.1, 0.15) is 0 Å². The van der Waals surface area contributed by atoms with E-state index in [-0.39, 0.29) is 5.75 Å². The molecule has 0 aliphatic heterocycles. The molecule has 18 heavy (non-hydrogen) atoms. The molecule has 0 saturated heterocycles. The SMILES string of the molecule is CC(O)C(C)(C)NS(=O)(=O)Cc1ccc(N)cc1. The van der Waals surface area contributed by atoms with Crippen LogP contribution in [-0.4, -0.2) is 25.2 Å². The monoisotopic (exact) mass is 272 g/mol. The number of nitrogens with two attached hydrogens (primary N) is 1. The van der Waals surface area contributed by atoms with Gasteiger partial charge in [-0.05, 0) is 38.5 Å². The van der Waals surface area contributed by atoms with Crippen LogP contribution < -0.4 is 10.5 Å². The third-order valence-electron chi connectivity index (χ3n) is 2.80. The fourth-order valence-electron chi connectivity index (χ4n) is 1.36. The first-order chi connectivity index (χ1) is 8.12. The smallest absolute Gasteiger partial charge is 0.216 e. The Morgan fingerprint density at radius 1 is 1.33 bits per heavy atom. The van der Waals surface area contributed by atoms with Crippen LogP contribution in [0.3, 0.4) is 0 Å². The maximum absolute atomic E-state index is 12.0. The Hall–Kier alpha value is -1.11. The molecule has 0 spiro atoms. The van der Waals surface area contributed by atoms with Gasteiger partial charge in [0.25, 0.3) is 0 Å². The Kier molecular flexibility index (Phi) is 4.37. The number of aliphatic hydroxyl groups is 1. The van der Waals surface area contributed by atoms with E-state index in [1.807, 2.05) is 0 Å². The molecule has 4 N–H and O–H groups in total. The minimum absolute atomic E-state index is 0.135. The van der Waals surface area contributed by atoms with Crippen molar-refractivity contribution < 1.29 is 13.5 Å². The first-order valence-electron chi connectivity index (χ1n) is 5.66. The van der Waals surface area contributed by atoms with E-state index in [2.05, 4.69) is 4.72 Å². The van der Waals surface area contributed by atoms with Crippen molar-refractivity contribution in [2.45, 2.75) is 38.2 Å². The van der Waals surface area contributed by atoms with Gasteiger partial charge in [-0.2, -0.15) is 0 Å². The van der Waals surface area contributed by atoms with Crippen molar-refractivity contribution in [1.82, 2.24) is 4.72 Å². The predicted octanol–water partition coefficient (Wildman–Crippen LogP) is 0.848. The Labute approximate surface area is 108 Å². The highest BCUT2D eigenvalue weighted by molar-refractivity contribution is 7.88. The molecule has 0 amide bonds. The van der Waals surface area contributed by atoms with E-state index in [4.69, 9.17) is 5.73 Å². The summed E-state index contributed by atoms with van der Waals surface area (Å²) < 4.78 is 26.4. The zero-order valence-electron chi connectivity index (χ0n) is 10.8. The molecule has 0 heterocycles. The molecule has 1 atom stereocenters. The number of sulfonamides is 1. The van der Waals surface area contributed by atoms with Gasteiger partial charge in [0.2, 0.25) is 10.0 Å². The molecule has 1 aromatic carbocycles. The quantitative estimate of drug-likeness (QED) is 0.693. The fraction of sp³-hybridized carbons (Fsp3) is 0.500. The van der Waals surface area contributed by atoms with E-state index in [1.165, 1.54) is 0 Å². The van der Waals surface area contributed by atoms with Crippen LogP contribution in [0.1, 0.15) is 26.3 Å². The van der Waals surface area contributed by atoms with Crippen molar-refractivity contribution in [3.63, 3.8) is 0 Å². The Morgan fingerprint density at radius 3 is 2.28 bits per heavy atom. The number of anilines is 1. The van der Waals surface area contributed by atoms with E-state index in [0.717, 1.165) is 0 Å². The van der Waals surface area contributed by atoms with Crippen LogP contribution in [0.25, 0.3) is 0 Å². The standard InChI is InChI=1S/C12H20N2O3S/c1-9(15)12(2,3)14-18(16,17)8-10-4-6-11(13)7-5-10/h4-7,9,14-15H,8,13H2,1-3H3. The lowest BCUT2D eigenvalue weighted by Crippen LogP contribution is -2.51. The second kappa shape index (κ2) is 5.26. The van der Waals surface area contributed by atoms with Crippen LogP contribution in [0.15, 0.2) is 24.3 Å². The van der Waals surface area contributed by atoms with Crippen molar-refractivity contribution in [3.8, 4) is 0 Å². The zero-order chi connectivity index (χ0) is 14.0. The first kappa shape index (κ1) is 14.9. The van der Waals surface area contributed by atoms with Crippen molar-refractivity contribution in [2.24, 2.45) is 0 Å². The highest BCUT2D eigenvalue weighted by Crippen LogP contribution is 2.14. The number of nitrogens with one attached hydrogen (secondary N) is 1. The van der Waals surface area contributed by atoms with Gasteiger partial charge in [0.05, 0.1) is 17.4 Å². The van der Waals surface area contributed by atoms with Crippen molar-refractivity contribution in [3.05, 3.63) is 29.8 Å². The van der Waals surface area contributed by atoms with Gasteiger partial charge in [-0.25, -0.2) is 13.1 Å². The number of hydrogen-bond acceptors (Lipinski definition) is 4. The van der Waals surface area contributed by atoms with Gasteiger partial charge in [0.15, 0.2) is 0 Å². The molecular weight excluding hydrogens is 252 g/mol. The van der Waals surface area contributed by atoms with Crippen LogP contribution in [0.2, 0.25) is 0 Å². The maximum Gasteiger partial charge on any atom is 0.216 e. The maximum atomic E-state index is 12.0. The van der Waals surface area contributed by atoms with E-state index in [1.54, 1.807) is 45.0 Å². The van der Waals surface area contributed by atoms with Gasteiger partial charge in [-0.15, -0.1) is 0 Å². The third kappa shape index (κ3) is 4.29. The molecule has 0 aliphatic rings. The highest BCUT2D eigenvalue weighted by Gasteiger charge is 2.29. The van der Waals surface area contributed by atoms with Crippen LogP contribution >= 0.6 is 0 Å². The predicted molar refractivity (Wildman–Crippen MR) is 72.4 cm³/mol. The summed E-state index contributed by atoms with van der Waals surface area (Å²) >= 11 is 0. The summed E-state index contributed by atoms with van der Waals surface area (Å²) in [4.78, 5) is 0. The molecule has 6 heteroatoms. The van der Waals surface area contributed by atoms with E-state index < -0.39 is 21.7 Å². The summed E-state index contributed by atoms with van der Waals surface area (Å²) in [5.41, 5.74) is 5.88. The molecule has 0 radical (unpaired) electrons. The van der Waals surface area contributed by atoms with Crippen molar-refractivity contribution in [1.29, 1.82) is 0 Å². The summed E-state index contributed by atoms with van der Waals surface area (Å²) in [6.07, 6.45) is -0.779. The summed E-state index contributed by atoms with van der Waals surface area (Å²) in [5.74, 6) is -0.135. The van der Waals surface area contributed by atoms with E-state index in [9.17, 15) is 13.5 Å². The Bertz CT molecular complexity index is 493. The number of nitrogen functional groups attached to an aromatic ring is 1. The van der Waals surface area contributed by atoms with Crippen LogP contribution in [0, 0.1) is 0 Å². The van der Waals surface area contributed by atoms with Gasteiger partial charge in [-0.3, -0.25) is 0 Å². The van der Waals surface area contributed by atoms with Crippen molar-refractivity contribution in [2.75, 3.05) is 5.73 Å². The number of aliphatic hydroxyl groups excluding tert-OH is 1. The molecule has 0 saturated carbocycles. The second-order valence-electron chi connectivity index (χ2n) is 5.00. The average molecular weight is 272 g/mol. The molecule has 5 nitrogen and oxygen atoms in total. The van der Waals surface area contributed by atoms with Crippen LogP contribution in [0.5, 0.6) is 0 Å². The molecule has 0 fully saturated rings. The summed E-state index contributed by atoms with van der Waals surface area (Å²) in [5, 5.41) is 9.50. The summed E-state index contributed by atoms with van der Waals surface area (Å²) in [6, 6.07) is 6.66. The second-order valence-corrected chi connectivity index (χ2v) is 6.72. The molecular formula is C12H20N2O3S. The van der Waals surface area contributed by atoms with Crippen molar-refractivity contribution >= 4 is 15.7 Å². The summed E-state index contributed by atoms with van der Waals surface area (Å²) in [6.45, 7) is 4.82. The molecule has 1 unspecified atom stereocenters. The minimum atomic E-state index is -3.50. The van der Waals surface area contributed by atoms with E-state index >= 15 is 0 Å². The highest BCUT2D eigenvalue weighted by atomic mass is 32.2. The number of benzene rings is 1. The largest absolute Gasteiger partial charge is 0.399 e. The molecule has 0 aliphatic carbocycles. The van der Waals surface area contributed by atoms with E-state index in [0.29, 0.717) is 11.3 Å². The first-order valence-corrected chi connectivity index (χ1v) is 7.32. The average Bonchev–Trinajstić information content (AvgIpc) is 2.19. The Balaban J connectivity index is 2.80. The van der Waals surface area contributed by atoms with Crippen LogP contribution in [0.4, 0.5) is 5.69 Å². The van der Waals surface area contributed by atoms with Gasteiger partial charge >= 0.3 is 0 Å². The number of hydrogen-bond donors (Lipinski definition) is 3. The molecule has 102 valence electrons. The topological polar surface area (TPSA) is 92.4 Å². The van der Waals surface area contributed by atoms with Gasteiger partial charge in [-0.1, -0.05) is 12.1 Å². The Morgan fingerprint density at radius 2 is 1.83 bits per heavy atom. The zero-order valence-corrected chi connectivity index (χ0v) is 11.7. The lowest BCUT2D eigenvalue weighted by molar-refractivity contribution is 0.111. The minimum Gasteiger partial charge on any atom is -0.399 e. The van der Waals surface area contributed by atoms with Crippen LogP contribution in [-0.2, 0) is 15.8 Å². The normalized spacial score (nSPS) is 14.4. The molecule has 1 aromatic rings. The number of rotatable bonds is 5. The molecule has 1 rings (SSSR count). The molecule has 0 bridgehead atoms. The fourth-order valence-corrected chi connectivity index (χ4v) is 3.03. The third-order valence-corrected chi connectivity index (χ3v) is 4.35. The van der Waals surface area contributed by atoms with Gasteiger partial charge in [0, 0.05) is 5.69 Å². The van der Waals surface area contributed by atoms with Gasteiger partial charge < -0.3 is 10.8 Å². The molecule has 0 aromatic heterocycles. The summed E-state index contributed by atoms with van der Waals surface area (Å²) in [7, 11) is -3.50.